The predicted octanol–water partition coefficient (Wildman–Crippen LogP) is 2.45. The largest absolute Gasteiger partial charge is 0.469 e. The Balaban J connectivity index is 1.92. The molecule has 120 valence electrons. The minimum absolute atomic E-state index is 0.187. The maximum Gasteiger partial charge on any atom is 0.315 e. The number of hydrogen-bond acceptors (Lipinski definition) is 3. The van der Waals surface area contributed by atoms with Gasteiger partial charge in [0, 0.05) is 37.0 Å². The molecule has 2 aromatic heterocycles. The number of amides is 2. The smallest absolute Gasteiger partial charge is 0.315 e. The molecule has 0 unspecified atom stereocenters. The summed E-state index contributed by atoms with van der Waals surface area (Å²) in [6.07, 6.45) is 3.39. The topological polar surface area (TPSA) is 72.1 Å². The highest BCUT2D eigenvalue weighted by Crippen LogP contribution is 2.15. The van der Waals surface area contributed by atoms with Crippen molar-refractivity contribution in [2.24, 2.45) is 7.05 Å². The van der Waals surface area contributed by atoms with Crippen LogP contribution in [0.1, 0.15) is 42.1 Å². The van der Waals surface area contributed by atoms with Crippen LogP contribution in [0.5, 0.6) is 0 Å². The standard InChI is InChI=1S/C16H24N4O2/c1-5-14-13(15(6-2)20(4)19-14)10-18-16(21)17-9-12-7-8-22-11(12)3/h7-8H,5-6,9-10H2,1-4H3,(H2,17,18,21). The predicted molar refractivity (Wildman–Crippen MR) is 84.5 cm³/mol. The molecule has 0 fully saturated rings. The summed E-state index contributed by atoms with van der Waals surface area (Å²) in [4.78, 5) is 11.9. The van der Waals surface area contributed by atoms with Gasteiger partial charge in [-0.25, -0.2) is 4.79 Å². The number of hydrogen-bond donors (Lipinski definition) is 2. The zero-order chi connectivity index (χ0) is 16.1. The van der Waals surface area contributed by atoms with Crippen molar-refractivity contribution in [2.45, 2.75) is 46.7 Å². The molecule has 2 N–H and O–H groups in total. The number of furan rings is 1. The summed E-state index contributed by atoms with van der Waals surface area (Å²) < 4.78 is 7.11. The molecular formula is C16H24N4O2. The summed E-state index contributed by atoms with van der Waals surface area (Å²) in [5, 5.41) is 10.3. The Labute approximate surface area is 130 Å². The van der Waals surface area contributed by atoms with Crippen LogP contribution in [0.2, 0.25) is 0 Å². The Morgan fingerprint density at radius 3 is 2.59 bits per heavy atom. The monoisotopic (exact) mass is 304 g/mol. The summed E-state index contributed by atoms with van der Waals surface area (Å²) in [5.74, 6) is 0.828. The van der Waals surface area contributed by atoms with Gasteiger partial charge in [-0.3, -0.25) is 4.68 Å². The first kappa shape index (κ1) is 16.1. The third kappa shape index (κ3) is 3.50. The van der Waals surface area contributed by atoms with Gasteiger partial charge in [-0.05, 0) is 25.8 Å². The van der Waals surface area contributed by atoms with Gasteiger partial charge in [-0.2, -0.15) is 5.10 Å². The van der Waals surface area contributed by atoms with Crippen molar-refractivity contribution in [1.29, 1.82) is 0 Å². The molecule has 0 saturated carbocycles. The van der Waals surface area contributed by atoms with Crippen molar-refractivity contribution in [3.63, 3.8) is 0 Å². The first-order chi connectivity index (χ1) is 10.6. The van der Waals surface area contributed by atoms with Gasteiger partial charge in [0.05, 0.1) is 12.0 Å². The number of rotatable bonds is 6. The molecule has 2 amide bonds. The van der Waals surface area contributed by atoms with Crippen LogP contribution >= 0.6 is 0 Å². The van der Waals surface area contributed by atoms with Crippen LogP contribution in [-0.2, 0) is 33.0 Å². The van der Waals surface area contributed by atoms with Crippen molar-refractivity contribution in [3.8, 4) is 0 Å². The van der Waals surface area contributed by atoms with Crippen LogP contribution in [0, 0.1) is 6.92 Å². The van der Waals surface area contributed by atoms with Crippen molar-refractivity contribution < 1.29 is 9.21 Å². The average molecular weight is 304 g/mol. The molecule has 0 radical (unpaired) electrons. The highest BCUT2D eigenvalue weighted by molar-refractivity contribution is 5.73. The Morgan fingerprint density at radius 1 is 1.27 bits per heavy atom. The van der Waals surface area contributed by atoms with Crippen LogP contribution < -0.4 is 10.6 Å². The Hall–Kier alpha value is -2.24. The van der Waals surface area contributed by atoms with E-state index in [1.54, 1.807) is 6.26 Å². The van der Waals surface area contributed by atoms with Gasteiger partial charge >= 0.3 is 6.03 Å². The lowest BCUT2D eigenvalue weighted by Crippen LogP contribution is -2.35. The fourth-order valence-corrected chi connectivity index (χ4v) is 2.60. The number of aryl methyl sites for hydroxylation is 3. The number of nitrogens with zero attached hydrogens (tertiary/aromatic N) is 2. The minimum atomic E-state index is -0.187. The maximum absolute atomic E-state index is 11.9. The fourth-order valence-electron chi connectivity index (χ4n) is 2.60. The molecule has 2 rings (SSSR count). The molecule has 6 nitrogen and oxygen atoms in total. The normalized spacial score (nSPS) is 10.7. The number of urea groups is 1. The maximum atomic E-state index is 11.9. The molecule has 0 spiro atoms. The number of carbonyl (C=O) groups is 1. The first-order valence-corrected chi connectivity index (χ1v) is 7.65. The molecule has 0 aliphatic carbocycles. The van der Waals surface area contributed by atoms with Gasteiger partial charge in [0.25, 0.3) is 0 Å². The van der Waals surface area contributed by atoms with E-state index in [4.69, 9.17) is 4.42 Å². The lowest BCUT2D eigenvalue weighted by molar-refractivity contribution is 0.240. The van der Waals surface area contributed by atoms with Crippen molar-refractivity contribution in [2.75, 3.05) is 0 Å². The van der Waals surface area contributed by atoms with Crippen molar-refractivity contribution in [3.05, 3.63) is 40.6 Å². The number of carbonyl (C=O) groups excluding carboxylic acids is 1. The van der Waals surface area contributed by atoms with E-state index in [2.05, 4.69) is 29.6 Å². The van der Waals surface area contributed by atoms with Crippen LogP contribution in [0.3, 0.4) is 0 Å². The summed E-state index contributed by atoms with van der Waals surface area (Å²) in [5.41, 5.74) is 4.33. The molecule has 0 aliphatic rings. The summed E-state index contributed by atoms with van der Waals surface area (Å²) in [7, 11) is 1.95. The van der Waals surface area contributed by atoms with E-state index in [-0.39, 0.29) is 6.03 Å². The van der Waals surface area contributed by atoms with Gasteiger partial charge in [-0.15, -0.1) is 0 Å². The number of aromatic nitrogens is 2. The zero-order valence-electron chi connectivity index (χ0n) is 13.7. The summed E-state index contributed by atoms with van der Waals surface area (Å²) in [6, 6.07) is 1.68. The third-order valence-electron chi connectivity index (χ3n) is 3.86. The van der Waals surface area contributed by atoms with Crippen LogP contribution in [0.15, 0.2) is 16.7 Å². The molecule has 0 aliphatic heterocycles. The van der Waals surface area contributed by atoms with Gasteiger partial charge in [0.15, 0.2) is 0 Å². The fraction of sp³-hybridized carbons (Fsp3) is 0.500. The highest BCUT2D eigenvalue weighted by atomic mass is 16.3. The van der Waals surface area contributed by atoms with Gasteiger partial charge in [-0.1, -0.05) is 13.8 Å². The molecule has 0 aromatic carbocycles. The molecule has 6 heteroatoms. The Kier molecular flexibility index (Phi) is 5.25. The van der Waals surface area contributed by atoms with E-state index in [0.717, 1.165) is 35.4 Å². The van der Waals surface area contributed by atoms with E-state index >= 15 is 0 Å². The van der Waals surface area contributed by atoms with Crippen molar-refractivity contribution >= 4 is 6.03 Å². The molecule has 2 aromatic rings. The molecule has 0 atom stereocenters. The zero-order valence-corrected chi connectivity index (χ0v) is 13.7. The van der Waals surface area contributed by atoms with E-state index in [0.29, 0.717) is 13.1 Å². The Morgan fingerprint density at radius 2 is 2.00 bits per heavy atom. The van der Waals surface area contributed by atoms with Crippen molar-refractivity contribution in [1.82, 2.24) is 20.4 Å². The molecule has 2 heterocycles. The second-order valence-electron chi connectivity index (χ2n) is 5.24. The average Bonchev–Trinajstić information content (AvgIpc) is 3.05. The molecule has 22 heavy (non-hydrogen) atoms. The van der Waals surface area contributed by atoms with E-state index in [1.165, 1.54) is 5.69 Å². The van der Waals surface area contributed by atoms with Crippen LogP contribution in [0.25, 0.3) is 0 Å². The first-order valence-electron chi connectivity index (χ1n) is 7.65. The molecule has 0 saturated heterocycles. The Bertz CT molecular complexity index is 643. The van der Waals surface area contributed by atoms with E-state index < -0.39 is 0 Å². The quantitative estimate of drug-likeness (QED) is 0.861. The van der Waals surface area contributed by atoms with Gasteiger partial charge in [0.2, 0.25) is 0 Å². The lowest BCUT2D eigenvalue weighted by atomic mass is 10.1. The molecule has 0 bridgehead atoms. The lowest BCUT2D eigenvalue weighted by Gasteiger charge is -2.09. The van der Waals surface area contributed by atoms with E-state index in [9.17, 15) is 4.79 Å². The summed E-state index contributed by atoms with van der Waals surface area (Å²) >= 11 is 0. The van der Waals surface area contributed by atoms with E-state index in [1.807, 2.05) is 24.7 Å². The third-order valence-corrected chi connectivity index (χ3v) is 3.86. The number of nitrogens with one attached hydrogen (secondary N) is 2. The van der Waals surface area contributed by atoms with Crippen LogP contribution in [-0.4, -0.2) is 15.8 Å². The summed E-state index contributed by atoms with van der Waals surface area (Å²) in [6.45, 7) is 7.01. The molecular weight excluding hydrogens is 280 g/mol. The van der Waals surface area contributed by atoms with Crippen LogP contribution in [0.4, 0.5) is 4.79 Å². The highest BCUT2D eigenvalue weighted by Gasteiger charge is 2.14. The second-order valence-corrected chi connectivity index (χ2v) is 5.24. The van der Waals surface area contributed by atoms with Gasteiger partial charge in [0.1, 0.15) is 5.76 Å². The van der Waals surface area contributed by atoms with Gasteiger partial charge < -0.3 is 15.1 Å². The minimum Gasteiger partial charge on any atom is -0.469 e. The second kappa shape index (κ2) is 7.15. The SMILES string of the molecule is CCc1nn(C)c(CC)c1CNC(=O)NCc1ccoc1C.